The van der Waals surface area contributed by atoms with Crippen LogP contribution in [0, 0.1) is 0 Å². The van der Waals surface area contributed by atoms with E-state index in [0.29, 0.717) is 10.8 Å². The highest BCUT2D eigenvalue weighted by atomic mass is 35.5. The lowest BCUT2D eigenvalue weighted by Gasteiger charge is -2.17. The third-order valence-electron chi connectivity index (χ3n) is 2.58. The van der Waals surface area contributed by atoms with E-state index in [4.69, 9.17) is 16.3 Å². The van der Waals surface area contributed by atoms with Crippen LogP contribution in [-0.2, 0) is 0 Å². The van der Waals surface area contributed by atoms with Gasteiger partial charge in [0.1, 0.15) is 5.75 Å². The molecule has 0 bridgehead atoms. The summed E-state index contributed by atoms with van der Waals surface area (Å²) in [5, 5.41) is 7.90. The van der Waals surface area contributed by atoms with Gasteiger partial charge in [-0.05, 0) is 35.8 Å². The summed E-state index contributed by atoms with van der Waals surface area (Å²) in [4.78, 5) is 1.07. The van der Waals surface area contributed by atoms with Gasteiger partial charge < -0.3 is 10.1 Å². The number of methoxy groups -OCH3 is 1. The molecule has 0 fully saturated rings. The first-order chi connectivity index (χ1) is 8.76. The quantitative estimate of drug-likeness (QED) is 0.916. The minimum atomic E-state index is 0.0705. The monoisotopic (exact) mass is 283 g/mol. The molecule has 1 aromatic carbocycles. The molecule has 0 saturated carbocycles. The molecule has 1 aromatic heterocycles. The van der Waals surface area contributed by atoms with E-state index in [9.17, 15) is 0 Å². The molecule has 2 rings (SSSR count). The predicted octanol–water partition coefficient (Wildman–Crippen LogP) is 2.90. The summed E-state index contributed by atoms with van der Waals surface area (Å²) in [6, 6.07) is 5.84. The minimum Gasteiger partial charge on any atom is -0.495 e. The summed E-state index contributed by atoms with van der Waals surface area (Å²) in [6.45, 7) is 2.92. The van der Waals surface area contributed by atoms with Gasteiger partial charge >= 0.3 is 0 Å². The molecule has 4 nitrogen and oxygen atoms in total. The van der Waals surface area contributed by atoms with Gasteiger partial charge in [-0.25, -0.2) is 0 Å². The van der Waals surface area contributed by atoms with Crippen molar-refractivity contribution in [3.05, 3.63) is 39.9 Å². The largest absolute Gasteiger partial charge is 0.495 e. The molecule has 1 N–H and O–H groups in total. The van der Waals surface area contributed by atoms with E-state index in [1.54, 1.807) is 13.3 Å². The number of nitrogens with zero attached hydrogens (tertiary/aromatic N) is 2. The van der Waals surface area contributed by atoms with Gasteiger partial charge in [0, 0.05) is 0 Å². The highest BCUT2D eigenvalue weighted by molar-refractivity contribution is 7.05. The number of rotatable bonds is 5. The zero-order chi connectivity index (χ0) is 13.0. The average Bonchev–Trinajstić information content (AvgIpc) is 2.90. The Morgan fingerprint density at radius 1 is 1.50 bits per heavy atom. The average molecular weight is 284 g/mol. The second-order valence-electron chi connectivity index (χ2n) is 3.70. The van der Waals surface area contributed by atoms with Crippen LogP contribution >= 0.6 is 23.1 Å². The van der Waals surface area contributed by atoms with Crippen molar-refractivity contribution in [1.29, 1.82) is 0 Å². The molecule has 2 aromatic rings. The molecule has 0 saturated heterocycles. The van der Waals surface area contributed by atoms with Gasteiger partial charge in [-0.3, -0.25) is 0 Å². The topological polar surface area (TPSA) is 47.0 Å². The van der Waals surface area contributed by atoms with Crippen molar-refractivity contribution in [3.63, 3.8) is 0 Å². The normalized spacial score (nSPS) is 12.4. The number of hydrogen-bond donors (Lipinski definition) is 1. The fourth-order valence-corrected chi connectivity index (χ4v) is 2.55. The van der Waals surface area contributed by atoms with Crippen molar-refractivity contribution < 1.29 is 4.74 Å². The van der Waals surface area contributed by atoms with Crippen LogP contribution in [0.1, 0.15) is 23.4 Å². The number of nitrogens with one attached hydrogen (secondary N) is 1. The lowest BCUT2D eigenvalue weighted by atomic mass is 10.1. The summed E-state index contributed by atoms with van der Waals surface area (Å²) in [5.74, 6) is 0.676. The Kier molecular flexibility index (Phi) is 4.52. The molecule has 96 valence electrons. The second kappa shape index (κ2) is 6.13. The molecule has 18 heavy (non-hydrogen) atoms. The molecule has 6 heteroatoms. The van der Waals surface area contributed by atoms with E-state index in [1.807, 2.05) is 18.2 Å². The molecule has 1 heterocycles. The van der Waals surface area contributed by atoms with Crippen LogP contribution < -0.4 is 10.1 Å². The summed E-state index contributed by atoms with van der Waals surface area (Å²) in [6.07, 6.45) is 1.78. The molecule has 0 spiro atoms. The van der Waals surface area contributed by atoms with Crippen molar-refractivity contribution in [1.82, 2.24) is 14.9 Å². The molecule has 1 atom stereocenters. The highest BCUT2D eigenvalue weighted by Gasteiger charge is 2.16. The molecule has 0 aliphatic heterocycles. The fourth-order valence-electron chi connectivity index (χ4n) is 1.74. The fraction of sp³-hybridized carbons (Fsp3) is 0.333. The Balaban J connectivity index is 2.36. The van der Waals surface area contributed by atoms with Crippen LogP contribution in [0.2, 0.25) is 5.02 Å². The summed E-state index contributed by atoms with van der Waals surface area (Å²) in [7, 11) is 1.61. The van der Waals surface area contributed by atoms with Crippen molar-refractivity contribution in [3.8, 4) is 5.75 Å². The van der Waals surface area contributed by atoms with Gasteiger partial charge in [0.2, 0.25) is 0 Å². The van der Waals surface area contributed by atoms with Gasteiger partial charge in [0.15, 0.2) is 0 Å². The Hall–Kier alpha value is -1.17. The number of aromatic nitrogens is 2. The number of halogens is 1. The van der Waals surface area contributed by atoms with E-state index in [1.165, 1.54) is 11.5 Å². The van der Waals surface area contributed by atoms with E-state index < -0.39 is 0 Å². The maximum absolute atomic E-state index is 6.04. The maximum atomic E-state index is 6.04. The van der Waals surface area contributed by atoms with Crippen molar-refractivity contribution in [2.24, 2.45) is 0 Å². The second-order valence-corrected chi connectivity index (χ2v) is 4.93. The molecule has 1 unspecified atom stereocenters. The van der Waals surface area contributed by atoms with Crippen molar-refractivity contribution >= 4 is 23.1 Å². The van der Waals surface area contributed by atoms with E-state index in [-0.39, 0.29) is 6.04 Å². The van der Waals surface area contributed by atoms with Crippen LogP contribution in [0.4, 0.5) is 0 Å². The molecule has 0 radical (unpaired) electrons. The van der Waals surface area contributed by atoms with Crippen LogP contribution in [0.25, 0.3) is 0 Å². The van der Waals surface area contributed by atoms with E-state index in [2.05, 4.69) is 21.8 Å². The SMILES string of the molecule is CCNC(c1ccc(Cl)c(OC)c1)c1cnns1. The lowest BCUT2D eigenvalue weighted by molar-refractivity contribution is 0.414. The first kappa shape index (κ1) is 13.3. The lowest BCUT2D eigenvalue weighted by Crippen LogP contribution is -2.21. The van der Waals surface area contributed by atoms with Crippen molar-refractivity contribution in [2.45, 2.75) is 13.0 Å². The first-order valence-electron chi connectivity index (χ1n) is 5.60. The molecular formula is C12H14ClN3OS. The number of benzene rings is 1. The molecule has 0 aliphatic rings. The van der Waals surface area contributed by atoms with Crippen LogP contribution in [0.3, 0.4) is 0 Å². The third-order valence-corrected chi connectivity index (χ3v) is 3.62. The summed E-state index contributed by atoms with van der Waals surface area (Å²) in [5.41, 5.74) is 1.09. The van der Waals surface area contributed by atoms with Gasteiger partial charge in [-0.15, -0.1) is 5.10 Å². The van der Waals surface area contributed by atoms with Crippen LogP contribution in [-0.4, -0.2) is 23.2 Å². The van der Waals surface area contributed by atoms with Crippen LogP contribution in [0.15, 0.2) is 24.4 Å². The van der Waals surface area contributed by atoms with E-state index >= 15 is 0 Å². The predicted molar refractivity (Wildman–Crippen MR) is 73.4 cm³/mol. The molecule has 0 amide bonds. The zero-order valence-electron chi connectivity index (χ0n) is 10.2. The Morgan fingerprint density at radius 3 is 2.94 bits per heavy atom. The van der Waals surface area contributed by atoms with Gasteiger partial charge in [0.05, 0.1) is 29.2 Å². The molecule has 0 aliphatic carbocycles. The first-order valence-corrected chi connectivity index (χ1v) is 6.75. The summed E-state index contributed by atoms with van der Waals surface area (Å²) < 4.78 is 9.15. The van der Waals surface area contributed by atoms with Crippen LogP contribution in [0.5, 0.6) is 5.75 Å². The molecular weight excluding hydrogens is 270 g/mol. The summed E-state index contributed by atoms with van der Waals surface area (Å²) >= 11 is 7.42. The Morgan fingerprint density at radius 2 is 2.33 bits per heavy atom. The highest BCUT2D eigenvalue weighted by Crippen LogP contribution is 2.31. The Bertz CT molecular complexity index is 504. The van der Waals surface area contributed by atoms with Gasteiger partial charge in [-0.2, -0.15) is 0 Å². The minimum absolute atomic E-state index is 0.0705. The van der Waals surface area contributed by atoms with Gasteiger partial charge in [-0.1, -0.05) is 29.1 Å². The maximum Gasteiger partial charge on any atom is 0.137 e. The third kappa shape index (κ3) is 2.80. The van der Waals surface area contributed by atoms with Gasteiger partial charge in [0.25, 0.3) is 0 Å². The smallest absolute Gasteiger partial charge is 0.137 e. The Labute approximate surface area is 115 Å². The van der Waals surface area contributed by atoms with E-state index in [0.717, 1.165) is 17.0 Å². The standard InChI is InChI=1S/C12H14ClN3OS/c1-3-14-12(11-7-15-16-18-11)8-4-5-9(13)10(6-8)17-2/h4-7,12,14H,3H2,1-2H3. The van der Waals surface area contributed by atoms with Crippen molar-refractivity contribution in [2.75, 3.05) is 13.7 Å². The zero-order valence-corrected chi connectivity index (χ0v) is 11.8. The number of ether oxygens (including phenoxy) is 1. The number of hydrogen-bond acceptors (Lipinski definition) is 5.